The van der Waals surface area contributed by atoms with Crippen molar-refractivity contribution in [1.29, 1.82) is 0 Å². The standard InChI is InChI=1S/C18H17N3O3/c1-12(13-7-9-15(10-8-13)21(23)24)19-20-18(22)17-11-16(17)14-5-3-2-4-6-14/h2-10,16-17H,11H2,1H3,(H,20,22)/b19-12-/t16-,17-/m0/s1. The number of nitro benzene ring substituents is 1. The first-order valence-corrected chi connectivity index (χ1v) is 7.70. The summed E-state index contributed by atoms with van der Waals surface area (Å²) in [6.45, 7) is 1.75. The molecule has 2 aromatic carbocycles. The molecular weight excluding hydrogens is 306 g/mol. The van der Waals surface area contributed by atoms with Gasteiger partial charge in [0.15, 0.2) is 0 Å². The summed E-state index contributed by atoms with van der Waals surface area (Å²) in [6, 6.07) is 16.0. The molecule has 1 fully saturated rings. The van der Waals surface area contributed by atoms with Crippen LogP contribution in [0, 0.1) is 16.0 Å². The van der Waals surface area contributed by atoms with Gasteiger partial charge in [-0.3, -0.25) is 14.9 Å². The highest BCUT2D eigenvalue weighted by Crippen LogP contribution is 2.47. The fourth-order valence-electron chi connectivity index (χ4n) is 2.66. The molecule has 1 aliphatic carbocycles. The van der Waals surface area contributed by atoms with E-state index >= 15 is 0 Å². The number of hydrogen-bond acceptors (Lipinski definition) is 4. The molecule has 6 heteroatoms. The van der Waals surface area contributed by atoms with E-state index in [1.165, 1.54) is 17.7 Å². The topological polar surface area (TPSA) is 84.6 Å². The van der Waals surface area contributed by atoms with Crippen molar-refractivity contribution in [2.45, 2.75) is 19.3 Å². The molecule has 0 spiro atoms. The highest BCUT2D eigenvalue weighted by atomic mass is 16.6. The second kappa shape index (κ2) is 6.62. The molecule has 122 valence electrons. The van der Waals surface area contributed by atoms with Crippen LogP contribution in [-0.2, 0) is 4.79 Å². The van der Waals surface area contributed by atoms with Gasteiger partial charge in [0.25, 0.3) is 5.69 Å². The second-order valence-corrected chi connectivity index (χ2v) is 5.84. The zero-order valence-corrected chi connectivity index (χ0v) is 13.2. The Morgan fingerprint density at radius 3 is 2.46 bits per heavy atom. The number of nitro groups is 1. The third kappa shape index (κ3) is 3.48. The maximum atomic E-state index is 12.2. The first kappa shape index (κ1) is 15.9. The fraction of sp³-hybridized carbons (Fsp3) is 0.222. The van der Waals surface area contributed by atoms with Gasteiger partial charge in [0.05, 0.1) is 10.6 Å². The number of nitrogens with one attached hydrogen (secondary N) is 1. The van der Waals surface area contributed by atoms with Crippen molar-refractivity contribution < 1.29 is 9.72 Å². The average Bonchev–Trinajstić information content (AvgIpc) is 3.41. The summed E-state index contributed by atoms with van der Waals surface area (Å²) in [5.74, 6) is 0.131. The third-order valence-corrected chi connectivity index (χ3v) is 4.18. The lowest BCUT2D eigenvalue weighted by atomic mass is 10.1. The number of carbonyl (C=O) groups is 1. The molecule has 0 radical (unpaired) electrons. The van der Waals surface area contributed by atoms with Crippen LogP contribution in [0.15, 0.2) is 59.7 Å². The van der Waals surface area contributed by atoms with E-state index in [2.05, 4.69) is 10.5 Å². The van der Waals surface area contributed by atoms with E-state index in [0.717, 1.165) is 12.0 Å². The molecule has 24 heavy (non-hydrogen) atoms. The molecule has 0 aromatic heterocycles. The molecule has 0 unspecified atom stereocenters. The Bertz CT molecular complexity index is 785. The van der Waals surface area contributed by atoms with Crippen molar-refractivity contribution in [3.8, 4) is 0 Å². The Morgan fingerprint density at radius 2 is 1.83 bits per heavy atom. The second-order valence-electron chi connectivity index (χ2n) is 5.84. The van der Waals surface area contributed by atoms with Gasteiger partial charge in [-0.1, -0.05) is 30.3 Å². The van der Waals surface area contributed by atoms with Crippen LogP contribution in [0.5, 0.6) is 0 Å². The maximum Gasteiger partial charge on any atom is 0.269 e. The highest BCUT2D eigenvalue weighted by Gasteiger charge is 2.43. The van der Waals surface area contributed by atoms with Gasteiger partial charge >= 0.3 is 0 Å². The Kier molecular flexibility index (Phi) is 4.37. The number of amides is 1. The average molecular weight is 323 g/mol. The normalized spacial score (nSPS) is 19.6. The summed E-state index contributed by atoms with van der Waals surface area (Å²) < 4.78 is 0. The van der Waals surface area contributed by atoms with Crippen LogP contribution in [0.2, 0.25) is 0 Å². The Balaban J connectivity index is 1.59. The van der Waals surface area contributed by atoms with Crippen molar-refractivity contribution in [2.24, 2.45) is 11.0 Å². The molecule has 0 saturated heterocycles. The monoisotopic (exact) mass is 323 g/mol. The van der Waals surface area contributed by atoms with Crippen molar-refractivity contribution in [2.75, 3.05) is 0 Å². The number of hydrazone groups is 1. The smallest absolute Gasteiger partial charge is 0.269 e. The lowest BCUT2D eigenvalue weighted by Crippen LogP contribution is -2.21. The summed E-state index contributed by atoms with van der Waals surface area (Å²) in [5, 5.41) is 14.8. The molecule has 6 nitrogen and oxygen atoms in total. The largest absolute Gasteiger partial charge is 0.273 e. The molecular formula is C18H17N3O3. The zero-order chi connectivity index (χ0) is 17.1. The van der Waals surface area contributed by atoms with E-state index in [-0.39, 0.29) is 23.4 Å². The Morgan fingerprint density at radius 1 is 1.17 bits per heavy atom. The number of nitrogens with zero attached hydrogens (tertiary/aromatic N) is 2. The van der Waals surface area contributed by atoms with Crippen molar-refractivity contribution in [3.63, 3.8) is 0 Å². The quantitative estimate of drug-likeness (QED) is 0.521. The number of rotatable bonds is 5. The summed E-state index contributed by atoms with van der Waals surface area (Å²) in [7, 11) is 0. The molecule has 2 atom stereocenters. The minimum absolute atomic E-state index is 0.0271. The fourth-order valence-corrected chi connectivity index (χ4v) is 2.66. The highest BCUT2D eigenvalue weighted by molar-refractivity contribution is 5.99. The summed E-state index contributed by atoms with van der Waals surface area (Å²) in [6.07, 6.45) is 0.835. The number of carbonyl (C=O) groups excluding carboxylic acids is 1. The molecule has 0 bridgehead atoms. The van der Waals surface area contributed by atoms with Crippen molar-refractivity contribution in [3.05, 3.63) is 75.8 Å². The predicted octanol–water partition coefficient (Wildman–Crippen LogP) is 3.24. The van der Waals surface area contributed by atoms with E-state index in [1.54, 1.807) is 19.1 Å². The van der Waals surface area contributed by atoms with Crippen LogP contribution in [0.25, 0.3) is 0 Å². The van der Waals surface area contributed by atoms with Gasteiger partial charge in [-0.05, 0) is 42.5 Å². The predicted molar refractivity (Wildman–Crippen MR) is 90.7 cm³/mol. The van der Waals surface area contributed by atoms with E-state index in [0.29, 0.717) is 5.71 Å². The van der Waals surface area contributed by atoms with Crippen LogP contribution in [0.4, 0.5) is 5.69 Å². The molecule has 1 amide bonds. The summed E-state index contributed by atoms with van der Waals surface area (Å²) >= 11 is 0. The van der Waals surface area contributed by atoms with Gasteiger partial charge < -0.3 is 0 Å². The van der Waals surface area contributed by atoms with E-state index in [1.807, 2.05) is 30.3 Å². The Labute approximate surface area is 139 Å². The first-order valence-electron chi connectivity index (χ1n) is 7.70. The minimum atomic E-state index is -0.450. The number of hydrogen-bond donors (Lipinski definition) is 1. The van der Waals surface area contributed by atoms with Gasteiger partial charge in [-0.2, -0.15) is 5.10 Å². The lowest BCUT2D eigenvalue weighted by molar-refractivity contribution is -0.384. The summed E-state index contributed by atoms with van der Waals surface area (Å²) in [4.78, 5) is 22.4. The first-order chi connectivity index (χ1) is 11.6. The molecule has 1 N–H and O–H groups in total. The SMILES string of the molecule is C/C(=N/NC(=O)[C@H]1C[C@H]1c1ccccc1)c1ccc([N+](=O)[O-])cc1. The molecule has 0 aliphatic heterocycles. The molecule has 0 heterocycles. The molecule has 3 rings (SSSR count). The van der Waals surface area contributed by atoms with Crippen LogP contribution in [-0.4, -0.2) is 16.5 Å². The van der Waals surface area contributed by atoms with Crippen LogP contribution >= 0.6 is 0 Å². The van der Waals surface area contributed by atoms with E-state index in [9.17, 15) is 14.9 Å². The molecule has 1 saturated carbocycles. The maximum absolute atomic E-state index is 12.2. The van der Waals surface area contributed by atoms with Gasteiger partial charge in [0.1, 0.15) is 0 Å². The Hall–Kier alpha value is -3.02. The van der Waals surface area contributed by atoms with Gasteiger partial charge in [-0.15, -0.1) is 0 Å². The number of benzene rings is 2. The minimum Gasteiger partial charge on any atom is -0.273 e. The lowest BCUT2D eigenvalue weighted by Gasteiger charge is -2.03. The van der Waals surface area contributed by atoms with E-state index in [4.69, 9.17) is 0 Å². The van der Waals surface area contributed by atoms with Crippen molar-refractivity contribution in [1.82, 2.24) is 5.43 Å². The van der Waals surface area contributed by atoms with E-state index < -0.39 is 4.92 Å². The number of non-ortho nitro benzene ring substituents is 1. The van der Waals surface area contributed by atoms with Crippen LogP contribution < -0.4 is 5.43 Å². The van der Waals surface area contributed by atoms with Crippen molar-refractivity contribution >= 4 is 17.3 Å². The molecule has 1 aliphatic rings. The van der Waals surface area contributed by atoms with Gasteiger partial charge in [-0.25, -0.2) is 5.43 Å². The van der Waals surface area contributed by atoms with Crippen LogP contribution in [0.1, 0.15) is 30.4 Å². The van der Waals surface area contributed by atoms with Crippen LogP contribution in [0.3, 0.4) is 0 Å². The summed E-state index contributed by atoms with van der Waals surface area (Å²) in [5.41, 5.74) is 5.14. The third-order valence-electron chi connectivity index (χ3n) is 4.18. The van der Waals surface area contributed by atoms with Gasteiger partial charge in [0, 0.05) is 18.1 Å². The van der Waals surface area contributed by atoms with Gasteiger partial charge in [0.2, 0.25) is 5.91 Å². The zero-order valence-electron chi connectivity index (χ0n) is 13.2. The molecule has 2 aromatic rings.